The van der Waals surface area contributed by atoms with Gasteiger partial charge in [0.05, 0.1) is 34.1 Å². The number of nitrogens with one attached hydrogen (secondary N) is 1. The van der Waals surface area contributed by atoms with Crippen LogP contribution in [0.1, 0.15) is 22.5 Å². The lowest BCUT2D eigenvalue weighted by molar-refractivity contribution is -0.385. The van der Waals surface area contributed by atoms with E-state index >= 15 is 0 Å². The van der Waals surface area contributed by atoms with Crippen LogP contribution >= 0.6 is 0 Å². The van der Waals surface area contributed by atoms with Gasteiger partial charge >= 0.3 is 11.9 Å². The van der Waals surface area contributed by atoms with Crippen molar-refractivity contribution in [3.8, 4) is 0 Å². The van der Waals surface area contributed by atoms with Crippen molar-refractivity contribution >= 4 is 17.3 Å². The number of halogens is 3. The Balaban J connectivity index is 1.73. The molecule has 2 aromatic heterocycles. The molecule has 0 unspecified atom stereocenters. The van der Waals surface area contributed by atoms with Gasteiger partial charge in [0.25, 0.3) is 0 Å². The first-order valence-electron chi connectivity index (χ1n) is 8.71. The highest BCUT2D eigenvalue weighted by atomic mass is 19.4. The zero-order chi connectivity index (χ0) is 22.1. The van der Waals surface area contributed by atoms with Crippen molar-refractivity contribution in [2.75, 3.05) is 5.32 Å². The normalized spacial score (nSPS) is 11.5. The number of rotatable bonds is 6. The molecule has 0 atom stereocenters. The van der Waals surface area contributed by atoms with E-state index in [1.165, 1.54) is 10.7 Å². The van der Waals surface area contributed by atoms with Crippen LogP contribution in [0.2, 0.25) is 0 Å². The molecular weight excluding hydrogens is 405 g/mol. The maximum absolute atomic E-state index is 12.9. The summed E-state index contributed by atoms with van der Waals surface area (Å²) in [7, 11) is 0. The second-order valence-electron chi connectivity index (χ2n) is 6.60. The van der Waals surface area contributed by atoms with Gasteiger partial charge < -0.3 is 5.32 Å². The molecule has 0 radical (unpaired) electrons. The van der Waals surface area contributed by atoms with E-state index in [1.807, 2.05) is 0 Å². The maximum Gasteiger partial charge on any atom is 0.416 e. The van der Waals surface area contributed by atoms with Gasteiger partial charge in [0.15, 0.2) is 0 Å². The molecule has 0 saturated heterocycles. The van der Waals surface area contributed by atoms with Crippen molar-refractivity contribution < 1.29 is 22.9 Å². The first kappa shape index (κ1) is 21.0. The van der Waals surface area contributed by atoms with Crippen molar-refractivity contribution in [2.24, 2.45) is 0 Å². The molecule has 0 aliphatic rings. The van der Waals surface area contributed by atoms with Crippen LogP contribution < -0.4 is 5.32 Å². The van der Waals surface area contributed by atoms with Gasteiger partial charge in [-0.25, -0.2) is 0 Å². The molecule has 1 N–H and O–H groups in total. The van der Waals surface area contributed by atoms with Gasteiger partial charge in [0.1, 0.15) is 18.9 Å². The average Bonchev–Trinajstić information content (AvgIpc) is 3.22. The van der Waals surface area contributed by atoms with Gasteiger partial charge in [-0.1, -0.05) is 12.1 Å². The molecule has 158 valence electrons. The lowest BCUT2D eigenvalue weighted by Gasteiger charge is -2.10. The van der Waals surface area contributed by atoms with Crippen molar-refractivity contribution in [3.63, 3.8) is 0 Å². The molecule has 3 aromatic rings. The minimum atomic E-state index is -4.44. The Hall–Kier alpha value is -3.70. The predicted molar refractivity (Wildman–Crippen MR) is 99.8 cm³/mol. The fourth-order valence-electron chi connectivity index (χ4n) is 2.91. The van der Waals surface area contributed by atoms with Crippen molar-refractivity contribution in [1.29, 1.82) is 0 Å². The van der Waals surface area contributed by atoms with Gasteiger partial charge in [-0.2, -0.15) is 23.4 Å². The van der Waals surface area contributed by atoms with Crippen LogP contribution in [0.5, 0.6) is 0 Å². The van der Waals surface area contributed by atoms with Gasteiger partial charge in [0.2, 0.25) is 5.91 Å². The van der Waals surface area contributed by atoms with Crippen LogP contribution in [0.15, 0.2) is 36.7 Å². The number of hydrogen-bond acceptors (Lipinski definition) is 5. The molecule has 3 rings (SSSR count). The lowest BCUT2D eigenvalue weighted by atomic mass is 10.1. The second-order valence-corrected chi connectivity index (χ2v) is 6.60. The molecule has 0 aliphatic heterocycles. The van der Waals surface area contributed by atoms with Crippen LogP contribution in [0.4, 0.5) is 24.5 Å². The molecule has 1 aromatic carbocycles. The molecule has 0 aliphatic carbocycles. The Kier molecular flexibility index (Phi) is 5.58. The monoisotopic (exact) mass is 422 g/mol. The highest BCUT2D eigenvalue weighted by Crippen LogP contribution is 2.30. The van der Waals surface area contributed by atoms with E-state index < -0.39 is 22.6 Å². The zero-order valence-electron chi connectivity index (χ0n) is 16.0. The number of benzene rings is 1. The van der Waals surface area contributed by atoms with E-state index in [0.29, 0.717) is 22.6 Å². The van der Waals surface area contributed by atoms with Crippen LogP contribution in [0, 0.1) is 24.0 Å². The Bertz CT molecular complexity index is 1100. The van der Waals surface area contributed by atoms with Crippen LogP contribution in [-0.4, -0.2) is 30.4 Å². The molecule has 1 amide bonds. The van der Waals surface area contributed by atoms with Crippen LogP contribution in [0.25, 0.3) is 0 Å². The summed E-state index contributed by atoms with van der Waals surface area (Å²) in [6, 6.07) is 4.94. The predicted octanol–water partition coefficient (Wildman–Crippen LogP) is 3.31. The van der Waals surface area contributed by atoms with Gasteiger partial charge in [-0.05, 0) is 31.5 Å². The first-order valence-corrected chi connectivity index (χ1v) is 8.71. The third-order valence-electron chi connectivity index (χ3n) is 4.37. The SMILES string of the molecule is Cc1nn(Cc2cccc(C(F)(F)F)c2)c(C)c1NC(=O)Cn1cc([N+](=O)[O-])cn1. The molecule has 0 fully saturated rings. The first-order chi connectivity index (χ1) is 14.0. The van der Waals surface area contributed by atoms with Crippen molar-refractivity contribution in [1.82, 2.24) is 19.6 Å². The quantitative estimate of drug-likeness (QED) is 0.484. The summed E-state index contributed by atoms with van der Waals surface area (Å²) >= 11 is 0. The molecule has 12 heteroatoms. The molecule has 0 bridgehead atoms. The standard InChI is InChI=1S/C18H17F3N6O3/c1-11-17(23-16(28)10-25-9-15(7-22-25)27(29)30)12(2)26(24-11)8-13-4-3-5-14(6-13)18(19,20)21/h3-7,9H,8,10H2,1-2H3,(H,23,28). The minimum Gasteiger partial charge on any atom is -0.321 e. The van der Waals surface area contributed by atoms with Gasteiger partial charge in [-0.15, -0.1) is 0 Å². The van der Waals surface area contributed by atoms with E-state index in [4.69, 9.17) is 0 Å². The topological polar surface area (TPSA) is 108 Å². The molecule has 0 spiro atoms. The van der Waals surface area contributed by atoms with Crippen LogP contribution in [-0.2, 0) is 24.1 Å². The number of carbonyl (C=O) groups is 1. The van der Waals surface area contributed by atoms with Crippen LogP contribution in [0.3, 0.4) is 0 Å². The average molecular weight is 422 g/mol. The zero-order valence-corrected chi connectivity index (χ0v) is 16.0. The Morgan fingerprint density at radius 1 is 1.30 bits per heavy atom. The number of nitro groups is 1. The Morgan fingerprint density at radius 3 is 2.67 bits per heavy atom. The summed E-state index contributed by atoms with van der Waals surface area (Å²) in [5.41, 5.74) is 0.905. The van der Waals surface area contributed by atoms with E-state index in [9.17, 15) is 28.1 Å². The number of amides is 1. The summed E-state index contributed by atoms with van der Waals surface area (Å²) < 4.78 is 41.4. The highest BCUT2D eigenvalue weighted by Gasteiger charge is 2.30. The Morgan fingerprint density at radius 2 is 2.03 bits per heavy atom. The number of aromatic nitrogens is 4. The van der Waals surface area contributed by atoms with Gasteiger partial charge in [-0.3, -0.25) is 24.3 Å². The van der Waals surface area contributed by atoms with E-state index in [1.54, 1.807) is 19.9 Å². The lowest BCUT2D eigenvalue weighted by Crippen LogP contribution is -2.19. The summed E-state index contributed by atoms with van der Waals surface area (Å²) in [5.74, 6) is -0.474. The minimum absolute atomic E-state index is 0.0951. The largest absolute Gasteiger partial charge is 0.416 e. The molecule has 2 heterocycles. The molecular formula is C18H17F3N6O3. The highest BCUT2D eigenvalue weighted by molar-refractivity contribution is 5.91. The summed E-state index contributed by atoms with van der Waals surface area (Å²) in [6.07, 6.45) is -2.26. The number of alkyl halides is 3. The van der Waals surface area contributed by atoms with Crippen molar-refractivity contribution in [2.45, 2.75) is 33.1 Å². The molecule has 9 nitrogen and oxygen atoms in total. The summed E-state index contributed by atoms with van der Waals surface area (Å²) in [5, 5.41) is 21.4. The Labute approximate surface area is 168 Å². The van der Waals surface area contributed by atoms with E-state index in [-0.39, 0.29) is 18.8 Å². The molecule has 30 heavy (non-hydrogen) atoms. The fraction of sp³-hybridized carbons (Fsp3) is 0.278. The number of nitrogens with zero attached hydrogens (tertiary/aromatic N) is 5. The van der Waals surface area contributed by atoms with Gasteiger partial charge in [0, 0.05) is 0 Å². The van der Waals surface area contributed by atoms with E-state index in [0.717, 1.165) is 29.2 Å². The third-order valence-corrected chi connectivity index (χ3v) is 4.37. The number of anilines is 1. The number of carbonyl (C=O) groups excluding carboxylic acids is 1. The molecule has 0 saturated carbocycles. The number of hydrogen-bond donors (Lipinski definition) is 1. The summed E-state index contributed by atoms with van der Waals surface area (Å²) in [4.78, 5) is 22.4. The fourth-order valence-corrected chi connectivity index (χ4v) is 2.91. The van der Waals surface area contributed by atoms with E-state index in [2.05, 4.69) is 15.5 Å². The third kappa shape index (κ3) is 4.64. The smallest absolute Gasteiger partial charge is 0.321 e. The van der Waals surface area contributed by atoms with Crippen molar-refractivity contribution in [3.05, 3.63) is 69.3 Å². The second kappa shape index (κ2) is 7.97. The number of aryl methyl sites for hydroxylation is 1. The summed E-state index contributed by atoms with van der Waals surface area (Å²) in [6.45, 7) is 3.19. The maximum atomic E-state index is 12.9.